The number of imide groups is 1. The molecular formula is C18H30NO4-. The van der Waals surface area contributed by atoms with Gasteiger partial charge in [0.05, 0.1) is 5.92 Å². The van der Waals surface area contributed by atoms with E-state index in [1.165, 1.54) is 4.90 Å². The molecule has 1 aliphatic rings. The van der Waals surface area contributed by atoms with Crippen LogP contribution >= 0.6 is 0 Å². The molecule has 0 aromatic heterocycles. The largest absolute Gasteiger partial charge is 0.550 e. The number of hydrogen-bond donors (Lipinski definition) is 0. The highest BCUT2D eigenvalue weighted by atomic mass is 16.4. The molecule has 0 spiro atoms. The zero-order chi connectivity index (χ0) is 17.2. The van der Waals surface area contributed by atoms with Gasteiger partial charge in [-0.1, -0.05) is 39.5 Å². The van der Waals surface area contributed by atoms with Crippen molar-refractivity contribution in [3.63, 3.8) is 0 Å². The van der Waals surface area contributed by atoms with Gasteiger partial charge in [0.1, 0.15) is 0 Å². The van der Waals surface area contributed by atoms with Gasteiger partial charge in [0.25, 0.3) is 0 Å². The number of carboxylic acids is 1. The van der Waals surface area contributed by atoms with E-state index >= 15 is 0 Å². The maximum atomic E-state index is 12.6. The molecule has 5 nitrogen and oxygen atoms in total. The van der Waals surface area contributed by atoms with Crippen LogP contribution in [0.4, 0.5) is 0 Å². The number of carboxylic acid groups (broad SMARTS) is 1. The van der Waals surface area contributed by atoms with Crippen molar-refractivity contribution in [1.82, 2.24) is 4.90 Å². The average molecular weight is 324 g/mol. The van der Waals surface area contributed by atoms with Crippen molar-refractivity contribution in [2.24, 2.45) is 11.8 Å². The van der Waals surface area contributed by atoms with Crippen LogP contribution in [0.15, 0.2) is 0 Å². The normalized spacial score (nSPS) is 19.4. The van der Waals surface area contributed by atoms with E-state index in [-0.39, 0.29) is 24.2 Å². The number of amides is 2. The van der Waals surface area contributed by atoms with E-state index in [0.29, 0.717) is 38.1 Å². The van der Waals surface area contributed by atoms with Gasteiger partial charge < -0.3 is 9.90 Å². The van der Waals surface area contributed by atoms with Gasteiger partial charge in [0, 0.05) is 18.9 Å². The molecule has 1 fully saturated rings. The Hall–Kier alpha value is -1.39. The third kappa shape index (κ3) is 6.32. The first-order chi connectivity index (χ1) is 11.0. The zero-order valence-electron chi connectivity index (χ0n) is 14.5. The highest BCUT2D eigenvalue weighted by Crippen LogP contribution is 2.33. The highest BCUT2D eigenvalue weighted by molar-refractivity contribution is 6.03. The van der Waals surface area contributed by atoms with Crippen LogP contribution in [-0.2, 0) is 14.4 Å². The van der Waals surface area contributed by atoms with Gasteiger partial charge in [-0.25, -0.2) is 0 Å². The Bertz CT molecular complexity index is 408. The van der Waals surface area contributed by atoms with E-state index in [1.54, 1.807) is 0 Å². The van der Waals surface area contributed by atoms with Gasteiger partial charge in [-0.15, -0.1) is 0 Å². The maximum absolute atomic E-state index is 12.6. The van der Waals surface area contributed by atoms with Crippen molar-refractivity contribution in [1.29, 1.82) is 0 Å². The molecule has 1 heterocycles. The minimum atomic E-state index is -1.04. The van der Waals surface area contributed by atoms with Crippen molar-refractivity contribution in [3.8, 4) is 0 Å². The Morgan fingerprint density at radius 2 is 1.87 bits per heavy atom. The molecular weight excluding hydrogens is 294 g/mol. The third-order valence-corrected chi connectivity index (χ3v) is 4.70. The minimum absolute atomic E-state index is 0.00976. The molecule has 0 aromatic rings. The summed E-state index contributed by atoms with van der Waals surface area (Å²) < 4.78 is 0. The number of carbonyl (C=O) groups excluding carboxylic acids is 3. The lowest BCUT2D eigenvalue weighted by Gasteiger charge is -2.22. The Kier molecular flexibility index (Phi) is 8.89. The summed E-state index contributed by atoms with van der Waals surface area (Å²) in [5, 5.41) is 10.4. The van der Waals surface area contributed by atoms with Crippen molar-refractivity contribution in [3.05, 3.63) is 0 Å². The van der Waals surface area contributed by atoms with Gasteiger partial charge in [-0.3, -0.25) is 14.5 Å². The quantitative estimate of drug-likeness (QED) is 0.407. The molecule has 0 radical (unpaired) electrons. The lowest BCUT2D eigenvalue weighted by Crippen LogP contribution is -2.33. The SMILES string of the molecule is CCCCC(CCC)C1CC(=O)N(CCCCCC(=O)[O-])C1=O. The molecule has 0 aromatic carbocycles. The monoisotopic (exact) mass is 324 g/mol. The van der Waals surface area contributed by atoms with Crippen LogP contribution in [0.2, 0.25) is 0 Å². The molecule has 1 rings (SSSR count). The third-order valence-electron chi connectivity index (χ3n) is 4.70. The van der Waals surface area contributed by atoms with Gasteiger partial charge in [-0.2, -0.15) is 0 Å². The first-order valence-electron chi connectivity index (χ1n) is 9.05. The van der Waals surface area contributed by atoms with E-state index in [0.717, 1.165) is 32.1 Å². The fourth-order valence-electron chi connectivity index (χ4n) is 3.41. The van der Waals surface area contributed by atoms with Crippen molar-refractivity contribution >= 4 is 17.8 Å². The molecule has 5 heteroatoms. The summed E-state index contributed by atoms with van der Waals surface area (Å²) in [5.74, 6) is -0.935. The number of hydrogen-bond acceptors (Lipinski definition) is 4. The standard InChI is InChI=1S/C18H31NO4/c1-3-5-10-14(9-4-2)15-13-16(20)19(18(15)23)12-8-6-7-11-17(21)22/h14-15H,3-13H2,1-2H3,(H,21,22)/p-1. The fourth-order valence-corrected chi connectivity index (χ4v) is 3.41. The Morgan fingerprint density at radius 3 is 2.48 bits per heavy atom. The zero-order valence-corrected chi connectivity index (χ0v) is 14.5. The molecule has 0 N–H and O–H groups in total. The number of nitrogens with zero attached hydrogens (tertiary/aromatic N) is 1. The molecule has 132 valence electrons. The topological polar surface area (TPSA) is 77.5 Å². The minimum Gasteiger partial charge on any atom is -0.550 e. The molecule has 0 saturated carbocycles. The molecule has 2 atom stereocenters. The van der Waals surface area contributed by atoms with Crippen LogP contribution in [-0.4, -0.2) is 29.2 Å². The number of carbonyl (C=O) groups is 3. The van der Waals surface area contributed by atoms with Crippen LogP contribution in [0.3, 0.4) is 0 Å². The first-order valence-corrected chi connectivity index (χ1v) is 9.05. The van der Waals surface area contributed by atoms with Crippen LogP contribution < -0.4 is 5.11 Å². The second-order valence-electron chi connectivity index (χ2n) is 6.57. The van der Waals surface area contributed by atoms with Gasteiger partial charge in [-0.05, 0) is 38.0 Å². The predicted molar refractivity (Wildman–Crippen MR) is 86.2 cm³/mol. The summed E-state index contributed by atoms with van der Waals surface area (Å²) in [5.41, 5.74) is 0. The summed E-state index contributed by atoms with van der Waals surface area (Å²) in [4.78, 5) is 36.5. The highest BCUT2D eigenvalue weighted by Gasteiger charge is 2.41. The summed E-state index contributed by atoms with van der Waals surface area (Å²) >= 11 is 0. The molecule has 0 aliphatic carbocycles. The number of unbranched alkanes of at least 4 members (excludes halogenated alkanes) is 3. The molecule has 1 aliphatic heterocycles. The van der Waals surface area contributed by atoms with Crippen molar-refractivity contribution < 1.29 is 19.5 Å². The summed E-state index contributed by atoms with van der Waals surface area (Å²) in [7, 11) is 0. The maximum Gasteiger partial charge on any atom is 0.233 e. The van der Waals surface area contributed by atoms with Gasteiger partial charge >= 0.3 is 0 Å². The summed E-state index contributed by atoms with van der Waals surface area (Å²) in [6.45, 7) is 4.69. The van der Waals surface area contributed by atoms with Crippen LogP contribution in [0.1, 0.15) is 78.1 Å². The van der Waals surface area contributed by atoms with Gasteiger partial charge in [0.2, 0.25) is 11.8 Å². The van der Waals surface area contributed by atoms with E-state index in [1.807, 2.05) is 0 Å². The number of rotatable bonds is 12. The smallest absolute Gasteiger partial charge is 0.233 e. The van der Waals surface area contributed by atoms with Crippen LogP contribution in [0.25, 0.3) is 0 Å². The van der Waals surface area contributed by atoms with Crippen LogP contribution in [0.5, 0.6) is 0 Å². The van der Waals surface area contributed by atoms with E-state index in [4.69, 9.17) is 0 Å². The van der Waals surface area contributed by atoms with E-state index < -0.39 is 5.97 Å². The van der Waals surface area contributed by atoms with Crippen molar-refractivity contribution in [2.75, 3.05) is 6.54 Å². The second-order valence-corrected chi connectivity index (χ2v) is 6.57. The molecule has 0 bridgehead atoms. The summed E-state index contributed by atoms with van der Waals surface area (Å²) in [6, 6.07) is 0. The molecule has 23 heavy (non-hydrogen) atoms. The fraction of sp³-hybridized carbons (Fsp3) is 0.833. The average Bonchev–Trinajstić information content (AvgIpc) is 2.78. The lowest BCUT2D eigenvalue weighted by atomic mass is 9.83. The Balaban J connectivity index is 2.49. The van der Waals surface area contributed by atoms with E-state index in [9.17, 15) is 19.5 Å². The van der Waals surface area contributed by atoms with Crippen LogP contribution in [0, 0.1) is 11.8 Å². The number of likely N-dealkylation sites (tertiary alicyclic amines) is 1. The Morgan fingerprint density at radius 1 is 1.13 bits per heavy atom. The van der Waals surface area contributed by atoms with Crippen molar-refractivity contribution in [2.45, 2.75) is 78.1 Å². The van der Waals surface area contributed by atoms with Gasteiger partial charge in [0.15, 0.2) is 0 Å². The molecule has 1 saturated heterocycles. The summed E-state index contributed by atoms with van der Waals surface area (Å²) in [6.07, 6.45) is 7.58. The molecule has 2 amide bonds. The lowest BCUT2D eigenvalue weighted by molar-refractivity contribution is -0.305. The molecule has 2 unspecified atom stereocenters. The Labute approximate surface area is 139 Å². The first kappa shape index (κ1) is 19.7. The second kappa shape index (κ2) is 10.4. The van der Waals surface area contributed by atoms with E-state index in [2.05, 4.69) is 13.8 Å². The predicted octanol–water partition coefficient (Wildman–Crippen LogP) is 2.28. The number of aliphatic carboxylic acids is 1.